The van der Waals surface area contributed by atoms with Crippen molar-refractivity contribution >= 4 is 11.5 Å². The van der Waals surface area contributed by atoms with Gasteiger partial charge in [-0.2, -0.15) is 0 Å². The van der Waals surface area contributed by atoms with Crippen molar-refractivity contribution in [3.63, 3.8) is 0 Å². The molecule has 1 aliphatic rings. The quantitative estimate of drug-likeness (QED) is 0.725. The maximum Gasteiger partial charge on any atom is 0.332 e. The van der Waals surface area contributed by atoms with Gasteiger partial charge in [-0.1, -0.05) is 0 Å². The number of aliphatic hydroxyl groups excluding tert-OH is 1. The molecule has 1 aromatic heterocycles. The Morgan fingerprint density at radius 3 is 2.52 bits per heavy atom. The molecule has 8 heteroatoms. The Labute approximate surface area is 122 Å². The molecule has 2 rings (SSSR count). The van der Waals surface area contributed by atoms with E-state index in [0.717, 1.165) is 11.5 Å². The van der Waals surface area contributed by atoms with E-state index < -0.39 is 5.69 Å². The van der Waals surface area contributed by atoms with Crippen LogP contribution in [0, 0.1) is 0 Å². The first kappa shape index (κ1) is 15.6. The molecule has 1 unspecified atom stereocenters. The van der Waals surface area contributed by atoms with E-state index >= 15 is 0 Å². The van der Waals surface area contributed by atoms with Crippen LogP contribution < -0.4 is 21.2 Å². The molecule has 2 N–H and O–H groups in total. The lowest BCUT2D eigenvalue weighted by atomic mass is 10.2. The first-order valence-electron chi connectivity index (χ1n) is 7.04. The first-order valence-corrected chi connectivity index (χ1v) is 7.04. The molecular weight excluding hydrogens is 276 g/mol. The topological polar surface area (TPSA) is 90.9 Å². The molecule has 0 aromatic carbocycles. The number of aromatic nitrogens is 2. The zero-order valence-electron chi connectivity index (χ0n) is 12.6. The Kier molecular flexibility index (Phi) is 4.38. The molecule has 0 radical (unpaired) electrons. The van der Waals surface area contributed by atoms with Crippen molar-refractivity contribution in [2.75, 3.05) is 23.7 Å². The van der Waals surface area contributed by atoms with Crippen molar-refractivity contribution in [3.8, 4) is 0 Å². The highest BCUT2D eigenvalue weighted by Gasteiger charge is 2.30. The van der Waals surface area contributed by atoms with Gasteiger partial charge in [0.05, 0.1) is 6.10 Å². The van der Waals surface area contributed by atoms with Crippen molar-refractivity contribution in [1.29, 1.82) is 0 Å². The van der Waals surface area contributed by atoms with E-state index in [9.17, 15) is 19.9 Å². The molecule has 0 fully saturated rings. The Bertz CT molecular complexity index is 634. The van der Waals surface area contributed by atoms with E-state index in [2.05, 4.69) is 0 Å². The lowest BCUT2D eigenvalue weighted by Gasteiger charge is -2.14. The number of hydroxylamine groups is 1. The largest absolute Gasteiger partial charge is 0.393 e. The van der Waals surface area contributed by atoms with Gasteiger partial charge in [0.15, 0.2) is 5.82 Å². The monoisotopic (exact) mass is 298 g/mol. The van der Waals surface area contributed by atoms with Crippen LogP contribution in [0.3, 0.4) is 0 Å². The second kappa shape index (κ2) is 5.90. The summed E-state index contributed by atoms with van der Waals surface area (Å²) < 4.78 is 2.48. The Morgan fingerprint density at radius 2 is 1.90 bits per heavy atom. The second-order valence-electron chi connectivity index (χ2n) is 5.55. The van der Waals surface area contributed by atoms with Crippen LogP contribution in [0.25, 0.3) is 0 Å². The standard InChI is InChI=1S/C13H22N4O4/c1-9(18)6-4-5-7-16-12(19)10-11(15(3)13(16)20)17(21)8-14(10)2/h9,18,21H,4-8H2,1-3H3. The van der Waals surface area contributed by atoms with Crippen molar-refractivity contribution in [1.82, 2.24) is 9.13 Å². The minimum absolute atomic E-state index is 0.157. The number of fused-ring (bicyclic) bond motifs is 1. The third kappa shape index (κ3) is 2.81. The number of hydrogen-bond donors (Lipinski definition) is 2. The maximum atomic E-state index is 12.4. The maximum absolute atomic E-state index is 12.4. The number of unbranched alkanes of at least 4 members (excludes halogenated alkanes) is 1. The number of hydrogen-bond acceptors (Lipinski definition) is 6. The Morgan fingerprint density at radius 1 is 1.24 bits per heavy atom. The predicted octanol–water partition coefficient (Wildman–Crippen LogP) is -0.299. The smallest absolute Gasteiger partial charge is 0.332 e. The lowest BCUT2D eigenvalue weighted by Crippen LogP contribution is -2.40. The first-order chi connectivity index (χ1) is 9.84. The minimum Gasteiger partial charge on any atom is -0.393 e. The van der Waals surface area contributed by atoms with Crippen molar-refractivity contribution < 1.29 is 10.3 Å². The van der Waals surface area contributed by atoms with Gasteiger partial charge in [-0.3, -0.25) is 19.1 Å². The van der Waals surface area contributed by atoms with Crippen LogP contribution in [0.15, 0.2) is 9.59 Å². The van der Waals surface area contributed by atoms with Crippen LogP contribution in [0.5, 0.6) is 0 Å². The molecule has 0 spiro atoms. The predicted molar refractivity (Wildman–Crippen MR) is 79.0 cm³/mol. The zero-order chi connectivity index (χ0) is 15.7. The van der Waals surface area contributed by atoms with Crippen molar-refractivity contribution in [3.05, 3.63) is 20.8 Å². The van der Waals surface area contributed by atoms with Gasteiger partial charge >= 0.3 is 5.69 Å². The van der Waals surface area contributed by atoms with E-state index in [-0.39, 0.29) is 24.1 Å². The van der Waals surface area contributed by atoms with E-state index in [4.69, 9.17) is 0 Å². The summed E-state index contributed by atoms with van der Waals surface area (Å²) in [7, 11) is 3.23. The molecule has 0 saturated carbocycles. The summed E-state index contributed by atoms with van der Waals surface area (Å²) in [5.41, 5.74) is -0.496. The Balaban J connectivity index is 2.32. The van der Waals surface area contributed by atoms with Gasteiger partial charge in [0, 0.05) is 20.6 Å². The Hall–Kier alpha value is -1.80. The summed E-state index contributed by atoms with van der Waals surface area (Å²) in [4.78, 5) is 26.3. The van der Waals surface area contributed by atoms with E-state index in [1.165, 1.54) is 16.2 Å². The minimum atomic E-state index is -0.440. The number of aliphatic hydroxyl groups is 1. The van der Waals surface area contributed by atoms with Gasteiger partial charge in [0.25, 0.3) is 5.56 Å². The fourth-order valence-electron chi connectivity index (χ4n) is 2.62. The van der Waals surface area contributed by atoms with Crippen LogP contribution in [-0.4, -0.2) is 39.3 Å². The molecule has 0 aliphatic carbocycles. The molecule has 1 aliphatic heterocycles. The van der Waals surface area contributed by atoms with E-state index in [0.29, 0.717) is 25.1 Å². The van der Waals surface area contributed by atoms with Crippen LogP contribution >= 0.6 is 0 Å². The molecule has 0 amide bonds. The van der Waals surface area contributed by atoms with Gasteiger partial charge in [-0.15, -0.1) is 0 Å². The highest BCUT2D eigenvalue weighted by molar-refractivity contribution is 5.69. The molecular formula is C13H22N4O4. The summed E-state index contributed by atoms with van der Waals surface area (Å²) in [6, 6.07) is 0. The van der Waals surface area contributed by atoms with Crippen LogP contribution in [0.4, 0.5) is 11.5 Å². The van der Waals surface area contributed by atoms with Crippen molar-refractivity contribution in [2.45, 2.75) is 38.8 Å². The molecule has 1 aromatic rings. The fourth-order valence-corrected chi connectivity index (χ4v) is 2.62. The van der Waals surface area contributed by atoms with Crippen LogP contribution in [0.2, 0.25) is 0 Å². The number of nitrogens with zero attached hydrogens (tertiary/aromatic N) is 4. The number of anilines is 2. The normalized spacial score (nSPS) is 15.5. The lowest BCUT2D eigenvalue weighted by molar-refractivity contribution is 0.180. The van der Waals surface area contributed by atoms with Crippen LogP contribution in [0.1, 0.15) is 26.2 Å². The van der Waals surface area contributed by atoms with E-state index in [1.807, 2.05) is 0 Å². The molecule has 0 bridgehead atoms. The van der Waals surface area contributed by atoms with Gasteiger partial charge in [-0.25, -0.2) is 9.86 Å². The average Bonchev–Trinajstić information content (AvgIpc) is 2.70. The third-order valence-corrected chi connectivity index (χ3v) is 3.72. The van der Waals surface area contributed by atoms with Gasteiger partial charge in [-0.05, 0) is 26.2 Å². The molecule has 21 heavy (non-hydrogen) atoms. The fraction of sp³-hybridized carbons (Fsp3) is 0.692. The van der Waals surface area contributed by atoms with Gasteiger partial charge in [0.2, 0.25) is 0 Å². The summed E-state index contributed by atoms with van der Waals surface area (Å²) in [5.74, 6) is 0.229. The average molecular weight is 298 g/mol. The third-order valence-electron chi connectivity index (χ3n) is 3.72. The summed E-state index contributed by atoms with van der Waals surface area (Å²) in [5, 5.41) is 19.9. The molecule has 1 atom stereocenters. The van der Waals surface area contributed by atoms with Crippen molar-refractivity contribution in [2.24, 2.45) is 7.05 Å². The molecule has 0 saturated heterocycles. The highest BCUT2D eigenvalue weighted by atomic mass is 16.5. The summed E-state index contributed by atoms with van der Waals surface area (Å²) in [6.07, 6.45) is 1.65. The van der Waals surface area contributed by atoms with E-state index in [1.54, 1.807) is 18.9 Å². The molecule has 2 heterocycles. The SMILES string of the molecule is CC(O)CCCCn1c(=O)c2c(n(C)c1=O)N(O)CN2C. The second-order valence-corrected chi connectivity index (χ2v) is 5.55. The molecule has 118 valence electrons. The van der Waals surface area contributed by atoms with Gasteiger partial charge in [0.1, 0.15) is 12.4 Å². The van der Waals surface area contributed by atoms with Crippen LogP contribution in [-0.2, 0) is 13.6 Å². The van der Waals surface area contributed by atoms with Gasteiger partial charge < -0.3 is 10.0 Å². The number of rotatable bonds is 5. The zero-order valence-corrected chi connectivity index (χ0v) is 12.6. The highest BCUT2D eigenvalue weighted by Crippen LogP contribution is 2.28. The summed E-state index contributed by atoms with van der Waals surface area (Å²) >= 11 is 0. The molecule has 8 nitrogen and oxygen atoms in total. The summed E-state index contributed by atoms with van der Waals surface area (Å²) in [6.45, 7) is 2.18.